The molecule has 1 saturated carbocycles. The van der Waals surface area contributed by atoms with E-state index in [1.54, 1.807) is 0 Å². The molecule has 0 aromatic rings. The highest BCUT2D eigenvalue weighted by Gasteiger charge is 2.34. The molecular weight excluding hydrogens is 194 g/mol. The second kappa shape index (κ2) is 6.20. The number of carbonyl (C=O) groups is 1. The average molecular weight is 215 g/mol. The fraction of sp³-hybridized carbons (Fsp3) is 0.909. The molecule has 0 saturated heterocycles. The van der Waals surface area contributed by atoms with Crippen molar-refractivity contribution in [2.75, 3.05) is 32.8 Å². The normalized spacial score (nSPS) is 19.7. The number of aldehydes is 1. The summed E-state index contributed by atoms with van der Waals surface area (Å²) in [6, 6.07) is 0. The largest absolute Gasteiger partial charge is 0.395 e. The summed E-state index contributed by atoms with van der Waals surface area (Å²) in [5.41, 5.74) is -0.218. The number of carbonyl (C=O) groups excluding carboxylic acids is 1. The molecule has 0 radical (unpaired) electrons. The van der Waals surface area contributed by atoms with E-state index in [1.807, 2.05) is 4.90 Å². The lowest BCUT2D eigenvalue weighted by Crippen LogP contribution is -2.40. The maximum Gasteiger partial charge on any atom is 0.127 e. The molecule has 0 amide bonds. The molecule has 1 aliphatic rings. The number of rotatable bonds is 7. The van der Waals surface area contributed by atoms with Crippen molar-refractivity contribution in [2.24, 2.45) is 5.41 Å². The number of aliphatic hydroxyl groups excluding tert-OH is 2. The Morgan fingerprint density at radius 2 is 1.67 bits per heavy atom. The van der Waals surface area contributed by atoms with E-state index in [1.165, 1.54) is 0 Å². The predicted molar refractivity (Wildman–Crippen MR) is 57.6 cm³/mol. The van der Waals surface area contributed by atoms with Crippen LogP contribution in [0, 0.1) is 5.41 Å². The SMILES string of the molecule is O=CC1(CN(CCO)CCO)CCCC1. The van der Waals surface area contributed by atoms with Gasteiger partial charge < -0.3 is 15.0 Å². The summed E-state index contributed by atoms with van der Waals surface area (Å²) in [5, 5.41) is 17.8. The molecule has 0 aliphatic heterocycles. The molecule has 2 N–H and O–H groups in total. The first-order chi connectivity index (χ1) is 7.26. The Morgan fingerprint density at radius 3 is 2.07 bits per heavy atom. The van der Waals surface area contributed by atoms with E-state index in [0.717, 1.165) is 32.0 Å². The third-order valence-corrected chi connectivity index (χ3v) is 3.22. The van der Waals surface area contributed by atoms with E-state index in [4.69, 9.17) is 10.2 Å². The summed E-state index contributed by atoms with van der Waals surface area (Å²) >= 11 is 0. The van der Waals surface area contributed by atoms with Crippen LogP contribution in [0.3, 0.4) is 0 Å². The summed E-state index contributed by atoms with van der Waals surface area (Å²) in [5.74, 6) is 0. The van der Waals surface area contributed by atoms with Gasteiger partial charge in [-0.3, -0.25) is 4.90 Å². The molecule has 4 heteroatoms. The van der Waals surface area contributed by atoms with E-state index < -0.39 is 0 Å². The lowest BCUT2D eigenvalue weighted by Gasteiger charge is -2.30. The van der Waals surface area contributed by atoms with Crippen molar-refractivity contribution in [1.29, 1.82) is 0 Å². The topological polar surface area (TPSA) is 60.8 Å². The minimum absolute atomic E-state index is 0.0783. The van der Waals surface area contributed by atoms with Crippen LogP contribution >= 0.6 is 0 Å². The summed E-state index contributed by atoms with van der Waals surface area (Å²) < 4.78 is 0. The molecule has 1 aliphatic carbocycles. The lowest BCUT2D eigenvalue weighted by atomic mass is 9.87. The standard InChI is InChI=1S/C11H21NO3/c13-7-5-12(6-8-14)9-11(10-15)3-1-2-4-11/h10,13-14H,1-9H2. The molecule has 0 bridgehead atoms. The Labute approximate surface area is 90.9 Å². The number of hydrogen-bond donors (Lipinski definition) is 2. The summed E-state index contributed by atoms with van der Waals surface area (Å²) in [7, 11) is 0. The van der Waals surface area contributed by atoms with Crippen LogP contribution in [0.15, 0.2) is 0 Å². The smallest absolute Gasteiger partial charge is 0.127 e. The highest BCUT2D eigenvalue weighted by Crippen LogP contribution is 2.36. The first-order valence-corrected chi connectivity index (χ1v) is 5.67. The van der Waals surface area contributed by atoms with Gasteiger partial charge in [0.2, 0.25) is 0 Å². The fourth-order valence-corrected chi connectivity index (χ4v) is 2.39. The molecule has 4 nitrogen and oxygen atoms in total. The van der Waals surface area contributed by atoms with Crippen molar-refractivity contribution in [3.8, 4) is 0 Å². The number of hydrogen-bond acceptors (Lipinski definition) is 4. The highest BCUT2D eigenvalue weighted by molar-refractivity contribution is 5.60. The van der Waals surface area contributed by atoms with Crippen molar-refractivity contribution in [2.45, 2.75) is 25.7 Å². The van der Waals surface area contributed by atoms with Crippen LogP contribution in [0.5, 0.6) is 0 Å². The van der Waals surface area contributed by atoms with Crippen LogP contribution in [-0.2, 0) is 4.79 Å². The maximum atomic E-state index is 11.1. The summed E-state index contributed by atoms with van der Waals surface area (Å²) in [4.78, 5) is 13.1. The number of aliphatic hydroxyl groups is 2. The zero-order valence-corrected chi connectivity index (χ0v) is 9.19. The monoisotopic (exact) mass is 215 g/mol. The van der Waals surface area contributed by atoms with Gasteiger partial charge >= 0.3 is 0 Å². The lowest BCUT2D eigenvalue weighted by molar-refractivity contribution is -0.117. The average Bonchev–Trinajstić information content (AvgIpc) is 2.68. The molecule has 0 unspecified atom stereocenters. The van der Waals surface area contributed by atoms with Crippen molar-refractivity contribution < 1.29 is 15.0 Å². The van der Waals surface area contributed by atoms with Crippen molar-refractivity contribution >= 4 is 6.29 Å². The van der Waals surface area contributed by atoms with Gasteiger partial charge in [0.05, 0.1) is 13.2 Å². The zero-order chi connectivity index (χ0) is 11.1. The highest BCUT2D eigenvalue weighted by atomic mass is 16.3. The van der Waals surface area contributed by atoms with E-state index in [-0.39, 0.29) is 18.6 Å². The first-order valence-electron chi connectivity index (χ1n) is 5.67. The van der Waals surface area contributed by atoms with Gasteiger partial charge in [0, 0.05) is 25.0 Å². The van der Waals surface area contributed by atoms with Gasteiger partial charge in [0.1, 0.15) is 6.29 Å². The van der Waals surface area contributed by atoms with Crippen LogP contribution in [0.1, 0.15) is 25.7 Å². The van der Waals surface area contributed by atoms with Crippen LogP contribution in [0.2, 0.25) is 0 Å². The van der Waals surface area contributed by atoms with Crippen LogP contribution < -0.4 is 0 Å². The van der Waals surface area contributed by atoms with E-state index in [0.29, 0.717) is 19.6 Å². The predicted octanol–water partition coefficient (Wildman–Crippen LogP) is 0.0323. The molecule has 1 fully saturated rings. The van der Waals surface area contributed by atoms with E-state index >= 15 is 0 Å². The molecule has 15 heavy (non-hydrogen) atoms. The molecular formula is C11H21NO3. The van der Waals surface area contributed by atoms with Crippen molar-refractivity contribution in [1.82, 2.24) is 4.90 Å². The Balaban J connectivity index is 2.49. The Kier molecular flexibility index (Phi) is 5.22. The van der Waals surface area contributed by atoms with Crippen molar-refractivity contribution in [3.05, 3.63) is 0 Å². The van der Waals surface area contributed by atoms with Crippen LogP contribution in [0.4, 0.5) is 0 Å². The molecule has 0 aromatic heterocycles. The Morgan fingerprint density at radius 1 is 1.13 bits per heavy atom. The molecule has 0 spiro atoms. The van der Waals surface area contributed by atoms with Gasteiger partial charge in [-0.1, -0.05) is 12.8 Å². The molecule has 88 valence electrons. The second-order valence-electron chi connectivity index (χ2n) is 4.41. The van der Waals surface area contributed by atoms with Crippen LogP contribution in [-0.4, -0.2) is 54.2 Å². The molecule has 1 rings (SSSR count). The van der Waals surface area contributed by atoms with Gasteiger partial charge in [0.15, 0.2) is 0 Å². The van der Waals surface area contributed by atoms with Crippen LogP contribution in [0.25, 0.3) is 0 Å². The van der Waals surface area contributed by atoms with Gasteiger partial charge in [-0.15, -0.1) is 0 Å². The van der Waals surface area contributed by atoms with E-state index in [9.17, 15) is 4.79 Å². The van der Waals surface area contributed by atoms with Gasteiger partial charge in [-0.2, -0.15) is 0 Å². The van der Waals surface area contributed by atoms with E-state index in [2.05, 4.69) is 0 Å². The third kappa shape index (κ3) is 3.55. The third-order valence-electron chi connectivity index (χ3n) is 3.22. The molecule has 0 atom stereocenters. The zero-order valence-electron chi connectivity index (χ0n) is 9.19. The first kappa shape index (κ1) is 12.6. The number of nitrogens with zero attached hydrogens (tertiary/aromatic N) is 1. The Hall–Kier alpha value is -0.450. The summed E-state index contributed by atoms with van der Waals surface area (Å²) in [6.45, 7) is 1.91. The molecule has 0 aromatic carbocycles. The Bertz CT molecular complexity index is 184. The van der Waals surface area contributed by atoms with Gasteiger partial charge in [0.25, 0.3) is 0 Å². The minimum Gasteiger partial charge on any atom is -0.395 e. The second-order valence-corrected chi connectivity index (χ2v) is 4.41. The summed E-state index contributed by atoms with van der Waals surface area (Å²) in [6.07, 6.45) is 5.20. The fourth-order valence-electron chi connectivity index (χ4n) is 2.39. The van der Waals surface area contributed by atoms with Gasteiger partial charge in [-0.25, -0.2) is 0 Å². The maximum absolute atomic E-state index is 11.1. The quantitative estimate of drug-likeness (QED) is 0.588. The van der Waals surface area contributed by atoms with Crippen molar-refractivity contribution in [3.63, 3.8) is 0 Å². The van der Waals surface area contributed by atoms with Gasteiger partial charge in [-0.05, 0) is 12.8 Å². The molecule has 0 heterocycles. The minimum atomic E-state index is -0.218.